The van der Waals surface area contributed by atoms with Crippen molar-refractivity contribution in [1.82, 2.24) is 0 Å². The van der Waals surface area contributed by atoms with Crippen LogP contribution >= 0.6 is 11.8 Å². The SMILES string of the molecule is CSCCC[NH2+]/C=C(\C=N)c1ccccc1. The van der Waals surface area contributed by atoms with Crippen molar-refractivity contribution in [3.05, 3.63) is 42.1 Å². The van der Waals surface area contributed by atoms with Crippen molar-refractivity contribution < 1.29 is 5.32 Å². The van der Waals surface area contributed by atoms with Gasteiger partial charge < -0.3 is 10.7 Å². The summed E-state index contributed by atoms with van der Waals surface area (Å²) >= 11 is 1.88. The summed E-state index contributed by atoms with van der Waals surface area (Å²) in [5.74, 6) is 1.20. The summed E-state index contributed by atoms with van der Waals surface area (Å²) in [6.45, 7) is 1.09. The Morgan fingerprint density at radius 3 is 2.75 bits per heavy atom. The van der Waals surface area contributed by atoms with E-state index in [0.29, 0.717) is 0 Å². The molecule has 1 rings (SSSR count). The molecule has 0 radical (unpaired) electrons. The van der Waals surface area contributed by atoms with Crippen molar-refractivity contribution in [2.45, 2.75) is 6.42 Å². The van der Waals surface area contributed by atoms with Gasteiger partial charge in [-0.15, -0.1) is 0 Å². The summed E-state index contributed by atoms with van der Waals surface area (Å²) in [7, 11) is 0. The Morgan fingerprint density at radius 1 is 1.38 bits per heavy atom. The summed E-state index contributed by atoms with van der Waals surface area (Å²) in [5, 5.41) is 9.55. The summed E-state index contributed by atoms with van der Waals surface area (Å²) in [5.41, 5.74) is 2.09. The van der Waals surface area contributed by atoms with Crippen molar-refractivity contribution in [1.29, 1.82) is 5.41 Å². The summed E-state index contributed by atoms with van der Waals surface area (Å²) < 4.78 is 0. The van der Waals surface area contributed by atoms with E-state index >= 15 is 0 Å². The topological polar surface area (TPSA) is 40.5 Å². The molecular weight excluding hydrogens is 216 g/mol. The quantitative estimate of drug-likeness (QED) is 0.551. The zero-order valence-electron chi connectivity index (χ0n) is 9.65. The standard InChI is InChI=1S/C13H18N2S/c1-16-9-5-8-15-11-13(10-14)12-6-3-2-4-7-12/h2-4,6-7,10-11,14-15H,5,8-9H2,1H3/p+1/b13-11+,14-10?. The lowest BCUT2D eigenvalue weighted by molar-refractivity contribution is -0.586. The minimum atomic E-state index is 0.977. The largest absolute Gasteiger partial charge is 0.319 e. The number of allylic oxidation sites excluding steroid dienone is 1. The highest BCUT2D eigenvalue weighted by atomic mass is 32.2. The minimum Gasteiger partial charge on any atom is -0.319 e. The van der Waals surface area contributed by atoms with Crippen molar-refractivity contribution in [2.75, 3.05) is 18.6 Å². The van der Waals surface area contributed by atoms with Gasteiger partial charge in [-0.05, 0) is 17.6 Å². The lowest BCUT2D eigenvalue weighted by Gasteiger charge is -2.00. The maximum absolute atomic E-state index is 7.40. The normalized spacial score (nSPS) is 11.4. The third-order valence-electron chi connectivity index (χ3n) is 2.28. The molecule has 3 N–H and O–H groups in total. The van der Waals surface area contributed by atoms with Gasteiger partial charge in [0.05, 0.1) is 12.1 Å². The van der Waals surface area contributed by atoms with Crippen LogP contribution in [0.15, 0.2) is 36.5 Å². The maximum atomic E-state index is 7.40. The van der Waals surface area contributed by atoms with Crippen molar-refractivity contribution in [3.8, 4) is 0 Å². The molecule has 0 atom stereocenters. The monoisotopic (exact) mass is 235 g/mol. The first-order valence-electron chi connectivity index (χ1n) is 5.47. The Bertz CT molecular complexity index is 333. The van der Waals surface area contributed by atoms with Gasteiger partial charge in [-0.2, -0.15) is 11.8 Å². The van der Waals surface area contributed by atoms with Crippen molar-refractivity contribution >= 4 is 23.5 Å². The van der Waals surface area contributed by atoms with Crippen LogP contribution in [-0.2, 0) is 0 Å². The number of quaternary nitrogens is 1. The van der Waals surface area contributed by atoms with Crippen molar-refractivity contribution in [2.24, 2.45) is 0 Å². The van der Waals surface area contributed by atoms with Gasteiger partial charge in [0.25, 0.3) is 0 Å². The third-order valence-corrected chi connectivity index (χ3v) is 2.98. The van der Waals surface area contributed by atoms with Gasteiger partial charge in [-0.1, -0.05) is 30.3 Å². The summed E-state index contributed by atoms with van der Waals surface area (Å²) in [6.07, 6.45) is 6.80. The van der Waals surface area contributed by atoms with E-state index in [2.05, 4.69) is 11.6 Å². The van der Waals surface area contributed by atoms with Gasteiger partial charge in [-0.25, -0.2) is 0 Å². The van der Waals surface area contributed by atoms with E-state index in [1.54, 1.807) is 0 Å². The molecule has 0 aliphatic heterocycles. The highest BCUT2D eigenvalue weighted by Crippen LogP contribution is 2.08. The number of hydrogen-bond acceptors (Lipinski definition) is 2. The summed E-state index contributed by atoms with van der Waals surface area (Å²) in [4.78, 5) is 0. The van der Waals surface area contributed by atoms with Crippen LogP contribution < -0.4 is 5.32 Å². The summed E-state index contributed by atoms with van der Waals surface area (Å²) in [6, 6.07) is 10.1. The van der Waals surface area contributed by atoms with Gasteiger partial charge in [0.2, 0.25) is 0 Å². The second kappa shape index (κ2) is 8.13. The highest BCUT2D eigenvalue weighted by molar-refractivity contribution is 7.98. The Hall–Kier alpha value is -1.06. The van der Waals surface area contributed by atoms with Gasteiger partial charge in [0, 0.05) is 12.6 Å². The number of benzene rings is 1. The van der Waals surface area contributed by atoms with Crippen LogP contribution in [0.1, 0.15) is 12.0 Å². The first-order valence-corrected chi connectivity index (χ1v) is 6.86. The average molecular weight is 235 g/mol. The smallest absolute Gasteiger partial charge is 0.102 e. The second-order valence-electron chi connectivity index (χ2n) is 3.50. The molecule has 3 heteroatoms. The number of thioether (sulfide) groups is 1. The maximum Gasteiger partial charge on any atom is 0.102 e. The molecule has 0 aliphatic carbocycles. The Morgan fingerprint density at radius 2 is 2.12 bits per heavy atom. The predicted molar refractivity (Wildman–Crippen MR) is 73.0 cm³/mol. The molecular formula is C13H19N2S+. The number of hydrogen-bond donors (Lipinski definition) is 2. The molecule has 0 spiro atoms. The molecule has 16 heavy (non-hydrogen) atoms. The van der Waals surface area contributed by atoms with Crippen molar-refractivity contribution in [3.63, 3.8) is 0 Å². The van der Waals surface area contributed by atoms with Crippen LogP contribution in [0.4, 0.5) is 0 Å². The highest BCUT2D eigenvalue weighted by Gasteiger charge is 1.98. The fourth-order valence-corrected chi connectivity index (χ4v) is 1.87. The zero-order chi connectivity index (χ0) is 11.6. The molecule has 2 nitrogen and oxygen atoms in total. The third kappa shape index (κ3) is 4.64. The number of nitrogens with one attached hydrogen (secondary N) is 1. The van der Waals surface area contributed by atoms with E-state index in [9.17, 15) is 0 Å². The fraction of sp³-hybridized carbons (Fsp3) is 0.308. The molecule has 0 aliphatic rings. The molecule has 0 bridgehead atoms. The van der Waals surface area contributed by atoms with Gasteiger partial charge >= 0.3 is 0 Å². The van der Waals surface area contributed by atoms with Crippen LogP contribution in [0.3, 0.4) is 0 Å². The zero-order valence-corrected chi connectivity index (χ0v) is 10.5. The molecule has 1 aromatic rings. The van der Waals surface area contributed by atoms with Gasteiger partial charge in [-0.3, -0.25) is 0 Å². The van der Waals surface area contributed by atoms with Gasteiger partial charge in [0.1, 0.15) is 6.20 Å². The molecule has 0 aromatic heterocycles. The van der Waals surface area contributed by atoms with E-state index < -0.39 is 0 Å². The van der Waals surface area contributed by atoms with E-state index in [4.69, 9.17) is 5.41 Å². The molecule has 0 fully saturated rings. The Labute approximate surface area is 102 Å². The molecule has 1 aromatic carbocycles. The van der Waals surface area contributed by atoms with E-state index in [1.165, 1.54) is 18.4 Å². The van der Waals surface area contributed by atoms with Crippen LogP contribution in [-0.4, -0.2) is 24.8 Å². The predicted octanol–water partition coefficient (Wildman–Crippen LogP) is 1.99. The lowest BCUT2D eigenvalue weighted by atomic mass is 10.1. The molecule has 0 amide bonds. The number of nitrogens with two attached hydrogens (primary N) is 1. The molecule has 86 valence electrons. The second-order valence-corrected chi connectivity index (χ2v) is 4.49. The van der Waals surface area contributed by atoms with Crippen LogP contribution in [0.25, 0.3) is 5.57 Å². The minimum absolute atomic E-state index is 0.977. The van der Waals surface area contributed by atoms with E-state index in [0.717, 1.165) is 17.7 Å². The van der Waals surface area contributed by atoms with E-state index in [-0.39, 0.29) is 0 Å². The average Bonchev–Trinajstić information content (AvgIpc) is 2.35. The first kappa shape index (κ1) is 13.0. The van der Waals surface area contributed by atoms with Crippen LogP contribution in [0.2, 0.25) is 0 Å². The van der Waals surface area contributed by atoms with E-state index in [1.807, 2.05) is 48.3 Å². The fourth-order valence-electron chi connectivity index (χ4n) is 1.41. The van der Waals surface area contributed by atoms with Crippen LogP contribution in [0, 0.1) is 5.41 Å². The molecule has 0 unspecified atom stereocenters. The van der Waals surface area contributed by atoms with Gasteiger partial charge in [0.15, 0.2) is 0 Å². The lowest BCUT2D eigenvalue weighted by Crippen LogP contribution is -2.78. The molecule has 0 saturated heterocycles. The van der Waals surface area contributed by atoms with Crippen LogP contribution in [0.5, 0.6) is 0 Å². The Balaban J connectivity index is 2.48. The number of rotatable bonds is 7. The molecule has 0 heterocycles. The Kier molecular flexibility index (Phi) is 6.61. The molecule has 0 saturated carbocycles. The first-order chi connectivity index (χ1) is 7.88.